The molecule has 0 aromatic carbocycles. The first kappa shape index (κ1) is 15.4. The molecule has 4 rings (SSSR count). The highest BCUT2D eigenvalue weighted by Crippen LogP contribution is 2.40. The predicted molar refractivity (Wildman–Crippen MR) is 90.8 cm³/mol. The van der Waals surface area contributed by atoms with Crippen molar-refractivity contribution in [2.75, 3.05) is 13.1 Å². The lowest BCUT2D eigenvalue weighted by atomic mass is 9.96. The van der Waals surface area contributed by atoms with Crippen molar-refractivity contribution in [3.63, 3.8) is 0 Å². The summed E-state index contributed by atoms with van der Waals surface area (Å²) in [6, 6.07) is 0. The number of likely N-dealkylation sites (tertiary alicyclic amines) is 1. The summed E-state index contributed by atoms with van der Waals surface area (Å²) >= 11 is 0. The number of hydrogen-bond donors (Lipinski definition) is 0. The van der Waals surface area contributed by atoms with Crippen LogP contribution in [0.3, 0.4) is 0 Å². The van der Waals surface area contributed by atoms with E-state index in [-0.39, 0.29) is 5.91 Å². The van der Waals surface area contributed by atoms with E-state index in [9.17, 15) is 4.79 Å². The first-order valence-corrected chi connectivity index (χ1v) is 8.91. The average molecular weight is 327 g/mol. The SMILES string of the molecule is Cc1cnc(C2CC2)n1CC1CCN(C(=O)c2cnn(C)c2)CC1. The van der Waals surface area contributed by atoms with Crippen LogP contribution in [0.25, 0.3) is 0 Å². The second-order valence-electron chi connectivity index (χ2n) is 7.28. The fourth-order valence-corrected chi connectivity index (χ4v) is 3.68. The van der Waals surface area contributed by atoms with Gasteiger partial charge in [0.25, 0.3) is 5.91 Å². The Morgan fingerprint density at radius 1 is 1.21 bits per heavy atom. The van der Waals surface area contributed by atoms with Crippen molar-refractivity contribution in [1.29, 1.82) is 0 Å². The van der Waals surface area contributed by atoms with Crippen molar-refractivity contribution < 1.29 is 4.79 Å². The van der Waals surface area contributed by atoms with Crippen LogP contribution in [0.4, 0.5) is 0 Å². The molecule has 0 spiro atoms. The number of nitrogens with zero attached hydrogens (tertiary/aromatic N) is 5. The number of carbonyl (C=O) groups is 1. The largest absolute Gasteiger partial charge is 0.339 e. The molecule has 0 unspecified atom stereocenters. The summed E-state index contributed by atoms with van der Waals surface area (Å²) in [6.45, 7) is 4.88. The van der Waals surface area contributed by atoms with Crippen molar-refractivity contribution in [3.8, 4) is 0 Å². The average Bonchev–Trinajstić information content (AvgIpc) is 3.24. The van der Waals surface area contributed by atoms with Crippen LogP contribution in [0.5, 0.6) is 0 Å². The molecule has 0 N–H and O–H groups in total. The zero-order chi connectivity index (χ0) is 16.7. The van der Waals surface area contributed by atoms with Gasteiger partial charge < -0.3 is 9.47 Å². The lowest BCUT2D eigenvalue weighted by Crippen LogP contribution is -2.39. The van der Waals surface area contributed by atoms with Gasteiger partial charge in [-0.25, -0.2) is 4.98 Å². The van der Waals surface area contributed by atoms with Crippen LogP contribution < -0.4 is 0 Å². The highest BCUT2D eigenvalue weighted by Gasteiger charge is 2.30. The van der Waals surface area contributed by atoms with E-state index in [0.717, 1.165) is 32.5 Å². The van der Waals surface area contributed by atoms with E-state index in [0.29, 0.717) is 17.4 Å². The molecule has 1 aliphatic carbocycles. The molecule has 2 aliphatic rings. The lowest BCUT2D eigenvalue weighted by Gasteiger charge is -2.32. The number of aromatic nitrogens is 4. The molecule has 24 heavy (non-hydrogen) atoms. The minimum atomic E-state index is 0.110. The maximum Gasteiger partial charge on any atom is 0.257 e. The van der Waals surface area contributed by atoms with Gasteiger partial charge in [-0.1, -0.05) is 0 Å². The lowest BCUT2D eigenvalue weighted by molar-refractivity contribution is 0.0682. The van der Waals surface area contributed by atoms with Gasteiger partial charge in [-0.05, 0) is 38.5 Å². The zero-order valence-corrected chi connectivity index (χ0v) is 14.5. The van der Waals surface area contributed by atoms with E-state index in [1.165, 1.54) is 24.4 Å². The maximum atomic E-state index is 12.5. The van der Waals surface area contributed by atoms with Crippen LogP contribution in [0.1, 0.15) is 53.5 Å². The van der Waals surface area contributed by atoms with Crippen molar-refractivity contribution >= 4 is 5.91 Å². The highest BCUT2D eigenvalue weighted by atomic mass is 16.2. The molecule has 6 heteroatoms. The number of imidazole rings is 1. The molecule has 3 heterocycles. The molecule has 0 atom stereocenters. The molecule has 2 aromatic heterocycles. The van der Waals surface area contributed by atoms with Crippen molar-refractivity contribution in [2.45, 2.75) is 45.1 Å². The van der Waals surface area contributed by atoms with Crippen molar-refractivity contribution in [2.24, 2.45) is 13.0 Å². The maximum absolute atomic E-state index is 12.5. The Balaban J connectivity index is 1.36. The minimum absolute atomic E-state index is 0.110. The number of rotatable bonds is 4. The molecule has 1 aliphatic heterocycles. The van der Waals surface area contributed by atoms with E-state index in [1.54, 1.807) is 17.1 Å². The molecule has 0 radical (unpaired) electrons. The van der Waals surface area contributed by atoms with Crippen LogP contribution in [-0.2, 0) is 13.6 Å². The Labute approximate surface area is 142 Å². The van der Waals surface area contributed by atoms with Crippen LogP contribution in [0, 0.1) is 12.8 Å². The molecule has 2 fully saturated rings. The van der Waals surface area contributed by atoms with Gasteiger partial charge in [-0.2, -0.15) is 5.10 Å². The van der Waals surface area contributed by atoms with Crippen molar-refractivity contribution in [3.05, 3.63) is 35.7 Å². The third-order valence-corrected chi connectivity index (χ3v) is 5.32. The third-order valence-electron chi connectivity index (χ3n) is 5.32. The molecule has 0 bridgehead atoms. The summed E-state index contributed by atoms with van der Waals surface area (Å²) in [4.78, 5) is 19.1. The van der Waals surface area contributed by atoms with Gasteiger partial charge in [0.15, 0.2) is 0 Å². The molecule has 1 saturated carbocycles. The van der Waals surface area contributed by atoms with E-state index in [2.05, 4.69) is 21.6 Å². The van der Waals surface area contributed by atoms with Crippen LogP contribution >= 0.6 is 0 Å². The molecule has 6 nitrogen and oxygen atoms in total. The fraction of sp³-hybridized carbons (Fsp3) is 0.611. The molecule has 2 aromatic rings. The second kappa shape index (κ2) is 6.07. The van der Waals surface area contributed by atoms with E-state index in [4.69, 9.17) is 0 Å². The smallest absolute Gasteiger partial charge is 0.257 e. The normalized spacial score (nSPS) is 19.0. The standard InChI is InChI=1S/C18H25N5O/c1-13-9-19-17(15-3-4-15)23(13)11-14-5-7-22(8-6-14)18(24)16-10-20-21(2)12-16/h9-10,12,14-15H,3-8,11H2,1-2H3. The van der Waals surface area contributed by atoms with E-state index >= 15 is 0 Å². The van der Waals surface area contributed by atoms with Gasteiger partial charge in [0.1, 0.15) is 5.82 Å². The highest BCUT2D eigenvalue weighted by molar-refractivity contribution is 5.93. The molecule has 1 saturated heterocycles. The Morgan fingerprint density at radius 2 is 1.96 bits per heavy atom. The second-order valence-corrected chi connectivity index (χ2v) is 7.28. The first-order chi connectivity index (χ1) is 11.6. The van der Waals surface area contributed by atoms with Gasteiger partial charge in [-0.3, -0.25) is 9.48 Å². The first-order valence-electron chi connectivity index (χ1n) is 8.91. The number of piperidine rings is 1. The Morgan fingerprint density at radius 3 is 2.58 bits per heavy atom. The van der Waals surface area contributed by atoms with Crippen LogP contribution in [0.2, 0.25) is 0 Å². The van der Waals surface area contributed by atoms with Crippen LogP contribution in [0.15, 0.2) is 18.6 Å². The summed E-state index contributed by atoms with van der Waals surface area (Å²) in [5.74, 6) is 2.71. The third kappa shape index (κ3) is 2.97. The van der Waals surface area contributed by atoms with Gasteiger partial charge >= 0.3 is 0 Å². The van der Waals surface area contributed by atoms with E-state index < -0.39 is 0 Å². The topological polar surface area (TPSA) is 56.0 Å². The monoisotopic (exact) mass is 327 g/mol. The summed E-state index contributed by atoms with van der Waals surface area (Å²) in [7, 11) is 1.84. The quantitative estimate of drug-likeness (QED) is 0.866. The Hall–Kier alpha value is -2.11. The summed E-state index contributed by atoms with van der Waals surface area (Å²) in [6.07, 6.45) is 10.2. The predicted octanol–water partition coefficient (Wildman–Crippen LogP) is 2.35. The molecule has 1 amide bonds. The molecule has 128 valence electrons. The van der Waals surface area contributed by atoms with Gasteiger partial charge in [-0.15, -0.1) is 0 Å². The Bertz CT molecular complexity index is 734. The molecular formula is C18H25N5O. The van der Waals surface area contributed by atoms with Crippen molar-refractivity contribution in [1.82, 2.24) is 24.2 Å². The fourth-order valence-electron chi connectivity index (χ4n) is 3.68. The van der Waals surface area contributed by atoms with Gasteiger partial charge in [0, 0.05) is 50.7 Å². The number of amides is 1. The Kier molecular flexibility index (Phi) is 3.90. The van der Waals surface area contributed by atoms with E-state index in [1.807, 2.05) is 18.1 Å². The summed E-state index contributed by atoms with van der Waals surface area (Å²) in [5.41, 5.74) is 1.96. The number of hydrogen-bond acceptors (Lipinski definition) is 3. The van der Waals surface area contributed by atoms with Gasteiger partial charge in [0.2, 0.25) is 0 Å². The van der Waals surface area contributed by atoms with Gasteiger partial charge in [0.05, 0.1) is 11.8 Å². The number of aryl methyl sites for hydroxylation is 2. The zero-order valence-electron chi connectivity index (χ0n) is 14.5. The summed E-state index contributed by atoms with van der Waals surface area (Å²) < 4.78 is 4.10. The van der Waals surface area contributed by atoms with Crippen LogP contribution in [-0.4, -0.2) is 43.2 Å². The minimum Gasteiger partial charge on any atom is -0.339 e. The number of carbonyl (C=O) groups excluding carboxylic acids is 1. The molecular weight excluding hydrogens is 302 g/mol. The summed E-state index contributed by atoms with van der Waals surface area (Å²) in [5, 5.41) is 4.10.